The van der Waals surface area contributed by atoms with Crippen molar-refractivity contribution in [2.24, 2.45) is 0 Å². The van der Waals surface area contributed by atoms with Crippen molar-refractivity contribution in [1.82, 2.24) is 0 Å². The van der Waals surface area contributed by atoms with Crippen molar-refractivity contribution in [1.29, 1.82) is 0 Å². The van der Waals surface area contributed by atoms with E-state index in [4.69, 9.17) is 4.74 Å². The first-order chi connectivity index (χ1) is 11.2. The van der Waals surface area contributed by atoms with Crippen molar-refractivity contribution < 1.29 is 14.3 Å². The summed E-state index contributed by atoms with van der Waals surface area (Å²) in [4.78, 5) is 27.4. The molecule has 2 aromatic carbocycles. The number of nitrogens with zero attached hydrogens (tertiary/aromatic N) is 2. The predicted octanol–water partition coefficient (Wildman–Crippen LogP) is 3.22. The van der Waals surface area contributed by atoms with Gasteiger partial charge in [0.05, 0.1) is 5.69 Å². The van der Waals surface area contributed by atoms with Crippen LogP contribution in [0.2, 0.25) is 0 Å². The second-order valence-electron chi connectivity index (χ2n) is 5.03. The number of carbonyl (C=O) groups is 2. The summed E-state index contributed by atoms with van der Waals surface area (Å²) in [5.74, 6) is 0.444. The lowest BCUT2D eigenvalue weighted by Gasteiger charge is -2.17. The second kappa shape index (κ2) is 6.36. The van der Waals surface area contributed by atoms with Gasteiger partial charge in [0.1, 0.15) is 18.9 Å². The quantitative estimate of drug-likeness (QED) is 0.629. The van der Waals surface area contributed by atoms with Crippen LogP contribution in [0.15, 0.2) is 67.3 Å². The highest BCUT2D eigenvalue weighted by Crippen LogP contribution is 2.27. The largest absolute Gasteiger partial charge is 0.490 e. The van der Waals surface area contributed by atoms with Gasteiger partial charge in [-0.25, -0.2) is 9.69 Å². The fraction of sp³-hybridized carbons (Fsp3) is 0.111. The molecule has 23 heavy (non-hydrogen) atoms. The van der Waals surface area contributed by atoms with Gasteiger partial charge in [-0.3, -0.25) is 9.69 Å². The molecule has 5 heteroatoms. The summed E-state index contributed by atoms with van der Waals surface area (Å²) in [6, 6.07) is 15.6. The van der Waals surface area contributed by atoms with Crippen LogP contribution < -0.4 is 14.5 Å². The number of para-hydroxylation sites is 1. The Bertz CT molecular complexity index is 726. The monoisotopic (exact) mass is 308 g/mol. The molecule has 1 aliphatic rings. The van der Waals surface area contributed by atoms with Gasteiger partial charge in [0.25, 0.3) is 5.91 Å². The highest BCUT2D eigenvalue weighted by atomic mass is 16.5. The molecule has 2 aromatic rings. The van der Waals surface area contributed by atoms with E-state index >= 15 is 0 Å². The third kappa shape index (κ3) is 2.94. The molecule has 3 amide bonds. The van der Waals surface area contributed by atoms with E-state index in [1.165, 1.54) is 9.80 Å². The van der Waals surface area contributed by atoms with Crippen LogP contribution in [0.1, 0.15) is 0 Å². The number of hydrogen-bond donors (Lipinski definition) is 0. The number of rotatable bonds is 5. The Labute approximate surface area is 134 Å². The second-order valence-corrected chi connectivity index (χ2v) is 5.03. The summed E-state index contributed by atoms with van der Waals surface area (Å²) in [7, 11) is 0. The number of ether oxygens (including phenoxy) is 1. The zero-order chi connectivity index (χ0) is 16.2. The number of hydrogen-bond acceptors (Lipinski definition) is 3. The molecule has 116 valence electrons. The van der Waals surface area contributed by atoms with Crippen molar-refractivity contribution in [3.63, 3.8) is 0 Å². The van der Waals surface area contributed by atoms with E-state index in [9.17, 15) is 9.59 Å². The molecule has 0 radical (unpaired) electrons. The topological polar surface area (TPSA) is 49.9 Å². The molecule has 0 aromatic heterocycles. The normalized spacial score (nSPS) is 14.3. The van der Waals surface area contributed by atoms with Crippen molar-refractivity contribution in [3.8, 4) is 5.75 Å². The summed E-state index contributed by atoms with van der Waals surface area (Å²) in [5.41, 5.74) is 1.24. The van der Waals surface area contributed by atoms with Gasteiger partial charge in [0.15, 0.2) is 0 Å². The Morgan fingerprint density at radius 2 is 1.70 bits per heavy atom. The lowest BCUT2D eigenvalue weighted by molar-refractivity contribution is -0.115. The Balaban J connectivity index is 1.80. The van der Waals surface area contributed by atoms with E-state index in [2.05, 4.69) is 6.58 Å². The molecule has 5 nitrogen and oxygen atoms in total. The minimum atomic E-state index is -0.346. The number of carbonyl (C=O) groups excluding carboxylic acids is 2. The van der Waals surface area contributed by atoms with E-state index in [0.717, 1.165) is 0 Å². The molecular weight excluding hydrogens is 292 g/mol. The minimum absolute atomic E-state index is 0.0284. The zero-order valence-electron chi connectivity index (χ0n) is 12.5. The molecule has 1 saturated heterocycles. The number of benzene rings is 2. The average molecular weight is 308 g/mol. The molecule has 0 aliphatic carbocycles. The van der Waals surface area contributed by atoms with Crippen LogP contribution in [0.4, 0.5) is 16.2 Å². The van der Waals surface area contributed by atoms with Gasteiger partial charge < -0.3 is 4.74 Å². The summed E-state index contributed by atoms with van der Waals surface area (Å²) >= 11 is 0. The number of amides is 3. The smallest absolute Gasteiger partial charge is 0.336 e. The first kappa shape index (κ1) is 14.8. The summed E-state index contributed by atoms with van der Waals surface area (Å²) in [6.45, 7) is 4.04. The van der Waals surface area contributed by atoms with Crippen LogP contribution in [0, 0.1) is 0 Å². The van der Waals surface area contributed by atoms with E-state index in [1.807, 2.05) is 6.07 Å². The molecule has 0 spiro atoms. The van der Waals surface area contributed by atoms with Crippen molar-refractivity contribution in [3.05, 3.63) is 67.3 Å². The van der Waals surface area contributed by atoms with E-state index < -0.39 is 0 Å². The lowest BCUT2D eigenvalue weighted by atomic mass is 10.3. The fourth-order valence-electron chi connectivity index (χ4n) is 2.41. The Morgan fingerprint density at radius 1 is 1.00 bits per heavy atom. The maximum absolute atomic E-state index is 12.6. The van der Waals surface area contributed by atoms with Crippen LogP contribution >= 0.6 is 0 Å². The SMILES string of the molecule is C=CCOc1ccc(N2CC(=O)N(c3ccccc3)C2=O)cc1. The number of imide groups is 1. The average Bonchev–Trinajstić information content (AvgIpc) is 2.89. The standard InChI is InChI=1S/C18H16N2O3/c1-2-12-23-16-10-8-14(9-11-16)19-13-17(21)20(18(19)22)15-6-4-3-5-7-15/h2-11H,1,12-13H2. The molecule has 0 N–H and O–H groups in total. The van der Waals surface area contributed by atoms with E-state index in [1.54, 1.807) is 54.6 Å². The van der Waals surface area contributed by atoms with E-state index in [0.29, 0.717) is 23.7 Å². The molecular formula is C18H16N2O3. The molecule has 0 saturated carbocycles. The highest BCUT2D eigenvalue weighted by molar-refractivity contribution is 6.26. The summed E-state index contributed by atoms with van der Waals surface area (Å²) < 4.78 is 5.41. The van der Waals surface area contributed by atoms with Crippen molar-refractivity contribution in [2.75, 3.05) is 23.0 Å². The molecule has 0 atom stereocenters. The van der Waals surface area contributed by atoms with Gasteiger partial charge in [-0.2, -0.15) is 0 Å². The molecule has 0 bridgehead atoms. The third-order valence-corrected chi connectivity index (χ3v) is 3.50. The highest BCUT2D eigenvalue weighted by Gasteiger charge is 2.37. The van der Waals surface area contributed by atoms with Crippen LogP contribution in [-0.4, -0.2) is 25.1 Å². The minimum Gasteiger partial charge on any atom is -0.490 e. The fourth-order valence-corrected chi connectivity index (χ4v) is 2.41. The molecule has 3 rings (SSSR count). The number of anilines is 2. The molecule has 1 heterocycles. The Morgan fingerprint density at radius 3 is 2.35 bits per heavy atom. The van der Waals surface area contributed by atoms with Crippen LogP contribution in [-0.2, 0) is 4.79 Å². The summed E-state index contributed by atoms with van der Waals surface area (Å²) in [6.07, 6.45) is 1.66. The van der Waals surface area contributed by atoms with Gasteiger partial charge in [0.2, 0.25) is 0 Å². The third-order valence-electron chi connectivity index (χ3n) is 3.50. The lowest BCUT2D eigenvalue weighted by Crippen LogP contribution is -2.32. The maximum Gasteiger partial charge on any atom is 0.336 e. The zero-order valence-corrected chi connectivity index (χ0v) is 12.5. The van der Waals surface area contributed by atoms with Crippen LogP contribution in [0.5, 0.6) is 5.75 Å². The molecule has 1 fully saturated rings. The molecule has 1 aliphatic heterocycles. The Kier molecular flexibility index (Phi) is 4.10. The van der Waals surface area contributed by atoms with Gasteiger partial charge in [-0.15, -0.1) is 0 Å². The summed E-state index contributed by atoms with van der Waals surface area (Å²) in [5, 5.41) is 0. The van der Waals surface area contributed by atoms with E-state index in [-0.39, 0.29) is 18.5 Å². The van der Waals surface area contributed by atoms with Crippen LogP contribution in [0.25, 0.3) is 0 Å². The Hall–Kier alpha value is -3.08. The van der Waals surface area contributed by atoms with Crippen LogP contribution in [0.3, 0.4) is 0 Å². The van der Waals surface area contributed by atoms with Crippen molar-refractivity contribution in [2.45, 2.75) is 0 Å². The van der Waals surface area contributed by atoms with Gasteiger partial charge in [0, 0.05) is 5.69 Å². The van der Waals surface area contributed by atoms with Gasteiger partial charge in [-0.05, 0) is 36.4 Å². The van der Waals surface area contributed by atoms with Gasteiger partial charge >= 0.3 is 6.03 Å². The number of urea groups is 1. The van der Waals surface area contributed by atoms with Gasteiger partial charge in [-0.1, -0.05) is 30.9 Å². The van der Waals surface area contributed by atoms with Crippen molar-refractivity contribution >= 4 is 23.3 Å². The maximum atomic E-state index is 12.6. The molecule has 0 unspecified atom stereocenters. The first-order valence-corrected chi connectivity index (χ1v) is 7.24. The first-order valence-electron chi connectivity index (χ1n) is 7.24. The predicted molar refractivity (Wildman–Crippen MR) is 88.8 cm³/mol.